The van der Waals surface area contributed by atoms with Crippen LogP contribution >= 0.6 is 0 Å². The fourth-order valence-corrected chi connectivity index (χ4v) is 1.84. The average molecular weight is 142 g/mol. The summed E-state index contributed by atoms with van der Waals surface area (Å²) in [6.45, 7) is 2.23. The Morgan fingerprint density at radius 1 is 1.40 bits per heavy atom. The fraction of sp³-hybridized carbons (Fsp3) is 1.00. The highest BCUT2D eigenvalue weighted by Gasteiger charge is 2.24. The van der Waals surface area contributed by atoms with Gasteiger partial charge in [0.2, 0.25) is 0 Å². The molecule has 2 unspecified atom stereocenters. The van der Waals surface area contributed by atoms with Crippen LogP contribution in [0.2, 0.25) is 6.32 Å². The zero-order chi connectivity index (χ0) is 7.56. The van der Waals surface area contributed by atoms with E-state index in [1.165, 1.54) is 19.3 Å². The molecule has 0 heterocycles. The fourth-order valence-electron chi connectivity index (χ4n) is 1.84. The van der Waals surface area contributed by atoms with Gasteiger partial charge in [0.05, 0.1) is 0 Å². The molecule has 0 aromatic carbocycles. The van der Waals surface area contributed by atoms with Crippen molar-refractivity contribution in [3.63, 3.8) is 0 Å². The summed E-state index contributed by atoms with van der Waals surface area (Å²) in [5.74, 6) is 1.36. The van der Waals surface area contributed by atoms with Crippen molar-refractivity contribution in [1.82, 2.24) is 0 Å². The molecular formula is C7H15BO2. The molecule has 0 aromatic rings. The summed E-state index contributed by atoms with van der Waals surface area (Å²) in [6.07, 6.45) is 4.19. The molecule has 3 heteroatoms. The lowest BCUT2D eigenvalue weighted by Crippen LogP contribution is -2.14. The Balaban J connectivity index is 2.18. The number of hydrogen-bond donors (Lipinski definition) is 2. The summed E-state index contributed by atoms with van der Waals surface area (Å²) in [4.78, 5) is 0. The summed E-state index contributed by atoms with van der Waals surface area (Å²) in [5, 5.41) is 17.3. The van der Waals surface area contributed by atoms with Gasteiger partial charge in [0, 0.05) is 0 Å². The maximum atomic E-state index is 8.65. The molecule has 1 saturated carbocycles. The molecule has 2 N–H and O–H groups in total. The molecule has 1 fully saturated rings. The minimum atomic E-state index is -1.09. The van der Waals surface area contributed by atoms with Crippen LogP contribution in [0.3, 0.4) is 0 Å². The Hall–Kier alpha value is -0.0151. The average Bonchev–Trinajstić information content (AvgIpc) is 2.13. The summed E-state index contributed by atoms with van der Waals surface area (Å²) >= 11 is 0. The van der Waals surface area contributed by atoms with E-state index >= 15 is 0 Å². The van der Waals surface area contributed by atoms with Gasteiger partial charge in [-0.1, -0.05) is 19.8 Å². The van der Waals surface area contributed by atoms with Crippen molar-refractivity contribution in [2.24, 2.45) is 11.8 Å². The molecule has 58 valence electrons. The minimum absolute atomic E-state index is 0.565. The van der Waals surface area contributed by atoms with Crippen LogP contribution in [-0.4, -0.2) is 17.2 Å². The van der Waals surface area contributed by atoms with Crippen molar-refractivity contribution >= 4 is 7.12 Å². The number of hydrogen-bond acceptors (Lipinski definition) is 2. The highest BCUT2D eigenvalue weighted by Crippen LogP contribution is 2.32. The van der Waals surface area contributed by atoms with Gasteiger partial charge in [-0.05, 0) is 24.6 Å². The molecule has 0 aromatic heterocycles. The second kappa shape index (κ2) is 3.40. The van der Waals surface area contributed by atoms with E-state index in [-0.39, 0.29) is 0 Å². The molecule has 1 rings (SSSR count). The Morgan fingerprint density at radius 3 is 2.50 bits per heavy atom. The van der Waals surface area contributed by atoms with Gasteiger partial charge in [-0.2, -0.15) is 0 Å². The van der Waals surface area contributed by atoms with Crippen molar-refractivity contribution in [3.8, 4) is 0 Å². The topological polar surface area (TPSA) is 40.5 Å². The summed E-state index contributed by atoms with van der Waals surface area (Å²) in [6, 6.07) is 0. The van der Waals surface area contributed by atoms with Gasteiger partial charge in [-0.25, -0.2) is 0 Å². The molecular weight excluding hydrogens is 127 g/mol. The molecule has 0 aliphatic heterocycles. The van der Waals surface area contributed by atoms with Gasteiger partial charge in [0.15, 0.2) is 0 Å². The smallest absolute Gasteiger partial charge is 0.427 e. The molecule has 1 aliphatic carbocycles. The normalized spacial score (nSPS) is 32.7. The van der Waals surface area contributed by atoms with Crippen LogP contribution in [0.15, 0.2) is 0 Å². The molecule has 1 aliphatic rings. The van der Waals surface area contributed by atoms with Gasteiger partial charge in [-0.15, -0.1) is 0 Å². The Morgan fingerprint density at radius 2 is 2.10 bits per heavy atom. The van der Waals surface area contributed by atoms with Gasteiger partial charge in [0.25, 0.3) is 0 Å². The minimum Gasteiger partial charge on any atom is -0.427 e. The quantitative estimate of drug-likeness (QED) is 0.562. The zero-order valence-corrected chi connectivity index (χ0v) is 6.45. The highest BCUT2D eigenvalue weighted by atomic mass is 16.4. The maximum absolute atomic E-state index is 8.65. The standard InChI is InChI=1S/C7H15BO2/c1-6-2-3-7(4-6)5-8(9)10/h6-7,9-10H,2-5H2,1H3. The second-order valence-corrected chi connectivity index (χ2v) is 3.50. The van der Waals surface area contributed by atoms with E-state index in [4.69, 9.17) is 10.0 Å². The van der Waals surface area contributed by atoms with Crippen molar-refractivity contribution in [2.45, 2.75) is 32.5 Å². The van der Waals surface area contributed by atoms with Crippen molar-refractivity contribution < 1.29 is 10.0 Å². The van der Waals surface area contributed by atoms with Crippen molar-refractivity contribution in [2.75, 3.05) is 0 Å². The molecule has 0 saturated heterocycles. The third kappa shape index (κ3) is 2.31. The Labute approximate surface area is 62.4 Å². The van der Waals surface area contributed by atoms with Crippen LogP contribution in [0.25, 0.3) is 0 Å². The number of rotatable bonds is 2. The van der Waals surface area contributed by atoms with Gasteiger partial charge in [-0.3, -0.25) is 0 Å². The summed E-state index contributed by atoms with van der Waals surface area (Å²) in [5.41, 5.74) is 0. The molecule has 2 atom stereocenters. The summed E-state index contributed by atoms with van der Waals surface area (Å²) in [7, 11) is -1.09. The predicted molar refractivity (Wildman–Crippen MR) is 41.5 cm³/mol. The lowest BCUT2D eigenvalue weighted by Gasteiger charge is -2.06. The van der Waals surface area contributed by atoms with Crippen LogP contribution in [0.4, 0.5) is 0 Å². The molecule has 0 radical (unpaired) electrons. The molecule has 0 bridgehead atoms. The molecule has 0 amide bonds. The molecule has 10 heavy (non-hydrogen) atoms. The first-order valence-electron chi connectivity index (χ1n) is 4.04. The van der Waals surface area contributed by atoms with Crippen LogP contribution in [-0.2, 0) is 0 Å². The van der Waals surface area contributed by atoms with Crippen LogP contribution < -0.4 is 0 Å². The van der Waals surface area contributed by atoms with Crippen molar-refractivity contribution in [3.05, 3.63) is 0 Å². The highest BCUT2D eigenvalue weighted by molar-refractivity contribution is 6.41. The van der Waals surface area contributed by atoms with E-state index in [0.29, 0.717) is 12.2 Å². The van der Waals surface area contributed by atoms with Crippen LogP contribution in [0, 0.1) is 11.8 Å². The SMILES string of the molecule is CC1CCC(CB(O)O)C1. The molecule has 0 spiro atoms. The van der Waals surface area contributed by atoms with E-state index < -0.39 is 7.12 Å². The maximum Gasteiger partial charge on any atom is 0.451 e. The molecule has 2 nitrogen and oxygen atoms in total. The van der Waals surface area contributed by atoms with Crippen LogP contribution in [0.5, 0.6) is 0 Å². The largest absolute Gasteiger partial charge is 0.451 e. The van der Waals surface area contributed by atoms with Gasteiger partial charge in [0.1, 0.15) is 0 Å². The van der Waals surface area contributed by atoms with Crippen molar-refractivity contribution in [1.29, 1.82) is 0 Å². The third-order valence-electron chi connectivity index (χ3n) is 2.35. The van der Waals surface area contributed by atoms with E-state index in [0.717, 1.165) is 5.92 Å². The lowest BCUT2D eigenvalue weighted by molar-refractivity contribution is 0.385. The van der Waals surface area contributed by atoms with E-state index in [9.17, 15) is 0 Å². The first-order chi connectivity index (χ1) is 4.68. The zero-order valence-electron chi connectivity index (χ0n) is 6.45. The monoisotopic (exact) mass is 142 g/mol. The van der Waals surface area contributed by atoms with E-state index in [2.05, 4.69) is 6.92 Å². The summed E-state index contributed by atoms with van der Waals surface area (Å²) < 4.78 is 0. The first kappa shape index (κ1) is 8.09. The third-order valence-corrected chi connectivity index (χ3v) is 2.35. The Bertz CT molecular complexity index is 106. The first-order valence-corrected chi connectivity index (χ1v) is 4.04. The Kier molecular flexibility index (Phi) is 2.75. The lowest BCUT2D eigenvalue weighted by atomic mass is 9.77. The second-order valence-electron chi connectivity index (χ2n) is 3.50. The van der Waals surface area contributed by atoms with Crippen LogP contribution in [0.1, 0.15) is 26.2 Å². The van der Waals surface area contributed by atoms with E-state index in [1.807, 2.05) is 0 Å². The van der Waals surface area contributed by atoms with Gasteiger partial charge >= 0.3 is 7.12 Å². The van der Waals surface area contributed by atoms with Gasteiger partial charge < -0.3 is 10.0 Å². The van der Waals surface area contributed by atoms with E-state index in [1.54, 1.807) is 0 Å². The predicted octanol–water partition coefficient (Wildman–Crippen LogP) is 0.895.